The van der Waals surface area contributed by atoms with Crippen molar-refractivity contribution in [2.24, 2.45) is 16.3 Å². The molecule has 114 valence electrons. The summed E-state index contributed by atoms with van der Waals surface area (Å²) in [7, 11) is 1.80. The van der Waals surface area contributed by atoms with Gasteiger partial charge in [-0.15, -0.1) is 0 Å². The number of likely N-dealkylation sites (N-methyl/N-ethyl adjacent to an activating group) is 1. The number of rotatable bonds is 3. The third-order valence-electron chi connectivity index (χ3n) is 4.74. The minimum Gasteiger partial charge on any atom is -0.409 e. The minimum atomic E-state index is -0.831. The average Bonchev–Trinajstić information content (AvgIpc) is 2.89. The van der Waals surface area contributed by atoms with Crippen LogP contribution in [0, 0.1) is 5.41 Å². The fourth-order valence-electron chi connectivity index (χ4n) is 3.34. The molecule has 0 aromatic rings. The number of hydrogen-bond acceptors (Lipinski definition) is 4. The van der Waals surface area contributed by atoms with Gasteiger partial charge in [-0.2, -0.15) is 0 Å². The highest BCUT2D eigenvalue weighted by Crippen LogP contribution is 2.37. The molecule has 0 bridgehead atoms. The van der Waals surface area contributed by atoms with E-state index in [9.17, 15) is 4.79 Å². The van der Waals surface area contributed by atoms with E-state index in [2.05, 4.69) is 5.16 Å². The predicted molar refractivity (Wildman–Crippen MR) is 75.5 cm³/mol. The van der Waals surface area contributed by atoms with Crippen LogP contribution in [-0.2, 0) is 9.53 Å². The number of nitrogens with two attached hydrogens (primary N) is 1. The molecule has 6 nitrogen and oxygen atoms in total. The van der Waals surface area contributed by atoms with Gasteiger partial charge in [0.2, 0.25) is 5.91 Å². The molecule has 1 saturated heterocycles. The van der Waals surface area contributed by atoms with Crippen LogP contribution in [0.25, 0.3) is 0 Å². The molecule has 1 aliphatic heterocycles. The monoisotopic (exact) mass is 283 g/mol. The van der Waals surface area contributed by atoms with Gasteiger partial charge in [-0.25, -0.2) is 0 Å². The molecule has 6 heteroatoms. The van der Waals surface area contributed by atoms with E-state index in [1.165, 1.54) is 0 Å². The van der Waals surface area contributed by atoms with Crippen LogP contribution < -0.4 is 5.73 Å². The first-order chi connectivity index (χ1) is 9.62. The van der Waals surface area contributed by atoms with Crippen molar-refractivity contribution in [1.82, 2.24) is 4.90 Å². The van der Waals surface area contributed by atoms with Crippen LogP contribution in [0.1, 0.15) is 44.9 Å². The van der Waals surface area contributed by atoms with Gasteiger partial charge in [-0.3, -0.25) is 4.79 Å². The molecular weight excluding hydrogens is 258 g/mol. The largest absolute Gasteiger partial charge is 0.409 e. The number of ether oxygens (including phenoxy) is 1. The Morgan fingerprint density at radius 3 is 2.50 bits per heavy atom. The molecule has 1 atom stereocenters. The van der Waals surface area contributed by atoms with Crippen LogP contribution in [0.4, 0.5) is 0 Å². The molecule has 0 aromatic carbocycles. The molecule has 0 spiro atoms. The lowest BCUT2D eigenvalue weighted by Gasteiger charge is -2.36. The van der Waals surface area contributed by atoms with Crippen molar-refractivity contribution in [3.63, 3.8) is 0 Å². The van der Waals surface area contributed by atoms with E-state index in [1.54, 1.807) is 11.9 Å². The Morgan fingerprint density at radius 2 is 2.00 bits per heavy atom. The Kier molecular flexibility index (Phi) is 4.86. The van der Waals surface area contributed by atoms with Gasteiger partial charge in [0, 0.05) is 13.7 Å². The summed E-state index contributed by atoms with van der Waals surface area (Å²) in [5, 5.41) is 12.3. The molecule has 2 aliphatic rings. The van der Waals surface area contributed by atoms with E-state index in [-0.39, 0.29) is 17.8 Å². The summed E-state index contributed by atoms with van der Waals surface area (Å²) in [4.78, 5) is 14.7. The van der Waals surface area contributed by atoms with Crippen molar-refractivity contribution >= 4 is 11.7 Å². The van der Waals surface area contributed by atoms with Crippen molar-refractivity contribution in [3.8, 4) is 0 Å². The molecule has 2 rings (SSSR count). The Hall–Kier alpha value is -1.30. The standard InChI is InChI=1S/C14H25N3O3/c1-17(11-6-9-20-10-11)13(18)14(12(15)16-19)7-4-2-3-5-8-14/h11,19H,2-10H2,1H3,(H2,15,16). The lowest BCUT2D eigenvalue weighted by Crippen LogP contribution is -2.53. The maximum Gasteiger partial charge on any atom is 0.236 e. The molecule has 1 saturated carbocycles. The number of oxime groups is 1. The van der Waals surface area contributed by atoms with Gasteiger partial charge in [0.15, 0.2) is 5.84 Å². The fraction of sp³-hybridized carbons (Fsp3) is 0.857. The average molecular weight is 283 g/mol. The first kappa shape index (κ1) is 15.1. The topological polar surface area (TPSA) is 88.2 Å². The Bertz CT molecular complexity index is 370. The van der Waals surface area contributed by atoms with Crippen LogP contribution in [-0.4, -0.2) is 48.2 Å². The highest BCUT2D eigenvalue weighted by atomic mass is 16.5. The summed E-state index contributed by atoms with van der Waals surface area (Å²) in [6, 6.07) is 0.106. The highest BCUT2D eigenvalue weighted by Gasteiger charge is 2.46. The normalized spacial score (nSPS) is 27.1. The summed E-state index contributed by atoms with van der Waals surface area (Å²) in [6.07, 6.45) is 6.27. The van der Waals surface area contributed by atoms with Gasteiger partial charge < -0.3 is 20.6 Å². The number of amides is 1. The van der Waals surface area contributed by atoms with E-state index in [1.807, 2.05) is 0 Å². The molecule has 0 radical (unpaired) electrons. The maximum atomic E-state index is 13.0. The number of carbonyl (C=O) groups excluding carboxylic acids is 1. The predicted octanol–water partition coefficient (Wildman–Crippen LogP) is 1.32. The molecule has 1 heterocycles. The van der Waals surface area contributed by atoms with Gasteiger partial charge in [0.25, 0.3) is 0 Å². The highest BCUT2D eigenvalue weighted by molar-refractivity contribution is 6.06. The van der Waals surface area contributed by atoms with Gasteiger partial charge in [0.05, 0.1) is 12.6 Å². The zero-order valence-corrected chi connectivity index (χ0v) is 12.2. The fourth-order valence-corrected chi connectivity index (χ4v) is 3.34. The van der Waals surface area contributed by atoms with Crippen LogP contribution in [0.15, 0.2) is 5.16 Å². The van der Waals surface area contributed by atoms with Crippen LogP contribution in [0.2, 0.25) is 0 Å². The molecule has 1 amide bonds. The van der Waals surface area contributed by atoms with Crippen molar-refractivity contribution in [2.45, 2.75) is 51.0 Å². The summed E-state index contributed by atoms with van der Waals surface area (Å²) < 4.78 is 5.36. The van der Waals surface area contributed by atoms with Gasteiger partial charge in [-0.1, -0.05) is 30.8 Å². The first-order valence-electron chi connectivity index (χ1n) is 7.45. The molecule has 1 unspecified atom stereocenters. The second-order valence-corrected chi connectivity index (χ2v) is 5.92. The minimum absolute atomic E-state index is 0.0230. The SMILES string of the molecule is CN(C(=O)C1(C(N)=NO)CCCCCC1)C1CCOC1. The third kappa shape index (κ3) is 2.75. The second-order valence-electron chi connectivity index (χ2n) is 5.92. The number of carbonyl (C=O) groups is 1. The molecular formula is C14H25N3O3. The Labute approximate surface area is 119 Å². The van der Waals surface area contributed by atoms with E-state index in [0.29, 0.717) is 26.1 Å². The summed E-state index contributed by atoms with van der Waals surface area (Å²) in [6.45, 7) is 1.27. The summed E-state index contributed by atoms with van der Waals surface area (Å²) in [5.41, 5.74) is 5.08. The summed E-state index contributed by atoms with van der Waals surface area (Å²) >= 11 is 0. The zero-order valence-electron chi connectivity index (χ0n) is 12.2. The van der Waals surface area contributed by atoms with Gasteiger partial charge in [-0.05, 0) is 19.3 Å². The molecule has 2 fully saturated rings. The van der Waals surface area contributed by atoms with E-state index >= 15 is 0 Å². The van der Waals surface area contributed by atoms with Crippen molar-refractivity contribution in [1.29, 1.82) is 0 Å². The Balaban J connectivity index is 2.22. The summed E-state index contributed by atoms with van der Waals surface area (Å²) in [5.74, 6) is 0.0420. The Morgan fingerprint density at radius 1 is 1.35 bits per heavy atom. The van der Waals surface area contributed by atoms with E-state index in [0.717, 1.165) is 32.1 Å². The first-order valence-corrected chi connectivity index (χ1v) is 7.45. The lowest BCUT2D eigenvalue weighted by molar-refractivity contribution is -0.140. The number of hydrogen-bond donors (Lipinski definition) is 2. The quantitative estimate of drug-likeness (QED) is 0.269. The molecule has 0 aromatic heterocycles. The van der Waals surface area contributed by atoms with E-state index in [4.69, 9.17) is 15.7 Å². The maximum absolute atomic E-state index is 13.0. The van der Waals surface area contributed by atoms with Crippen molar-refractivity contribution < 1.29 is 14.7 Å². The lowest BCUT2D eigenvalue weighted by atomic mass is 9.77. The van der Waals surface area contributed by atoms with Crippen LogP contribution >= 0.6 is 0 Å². The zero-order chi connectivity index (χ0) is 14.6. The second kappa shape index (κ2) is 6.43. The molecule has 1 aliphatic carbocycles. The van der Waals surface area contributed by atoms with Gasteiger partial charge >= 0.3 is 0 Å². The van der Waals surface area contributed by atoms with Crippen LogP contribution in [0.3, 0.4) is 0 Å². The van der Waals surface area contributed by atoms with E-state index < -0.39 is 5.41 Å². The number of nitrogens with zero attached hydrogens (tertiary/aromatic N) is 2. The number of amidine groups is 1. The molecule has 3 N–H and O–H groups in total. The van der Waals surface area contributed by atoms with Gasteiger partial charge in [0.1, 0.15) is 5.41 Å². The van der Waals surface area contributed by atoms with Crippen molar-refractivity contribution in [2.75, 3.05) is 20.3 Å². The molecule has 20 heavy (non-hydrogen) atoms. The smallest absolute Gasteiger partial charge is 0.236 e. The van der Waals surface area contributed by atoms with Crippen LogP contribution in [0.5, 0.6) is 0 Å². The van der Waals surface area contributed by atoms with Crippen molar-refractivity contribution in [3.05, 3.63) is 0 Å². The third-order valence-corrected chi connectivity index (χ3v) is 4.74.